The van der Waals surface area contributed by atoms with Crippen LogP contribution in [0.15, 0.2) is 90.2 Å². The molecular formula is C39H40N6O4S. The molecule has 0 unspecified atom stereocenters. The van der Waals surface area contributed by atoms with Gasteiger partial charge in [-0.25, -0.2) is 18.1 Å². The minimum absolute atomic E-state index is 0.0696. The van der Waals surface area contributed by atoms with E-state index in [0.717, 1.165) is 55.2 Å². The molecular weight excluding hydrogens is 649 g/mol. The highest BCUT2D eigenvalue weighted by atomic mass is 32.2. The average Bonchev–Trinajstić information content (AvgIpc) is 3.51. The van der Waals surface area contributed by atoms with E-state index in [0.29, 0.717) is 13.0 Å². The van der Waals surface area contributed by atoms with Gasteiger partial charge in [-0.05, 0) is 84.2 Å². The van der Waals surface area contributed by atoms with E-state index in [1.165, 1.54) is 4.31 Å². The smallest absolute Gasteiger partial charge is 0.248 e. The first-order chi connectivity index (χ1) is 24.2. The Morgan fingerprint density at radius 1 is 1.00 bits per heavy atom. The van der Waals surface area contributed by atoms with Gasteiger partial charge in [-0.1, -0.05) is 60.7 Å². The number of pyridine rings is 2. The number of benzene rings is 3. The number of sulfonamides is 1. The molecule has 3 aromatic heterocycles. The maximum atomic E-state index is 14.0. The van der Waals surface area contributed by atoms with Crippen LogP contribution in [0.25, 0.3) is 21.8 Å². The normalized spacial score (nSPS) is 16.5. The number of hydrogen-bond acceptors (Lipinski definition) is 8. The van der Waals surface area contributed by atoms with E-state index in [2.05, 4.69) is 38.5 Å². The van der Waals surface area contributed by atoms with Gasteiger partial charge >= 0.3 is 0 Å². The fourth-order valence-corrected chi connectivity index (χ4v) is 8.51. The van der Waals surface area contributed by atoms with Crippen LogP contribution in [0.5, 0.6) is 5.88 Å². The van der Waals surface area contributed by atoms with Gasteiger partial charge in [0.1, 0.15) is 22.3 Å². The number of Topliss-reactive ketones (excluding diaryl/α,β-unsaturated/α-hetero) is 1. The van der Waals surface area contributed by atoms with Gasteiger partial charge in [0.25, 0.3) is 0 Å². The molecule has 11 heteroatoms. The zero-order valence-corrected chi connectivity index (χ0v) is 29.5. The van der Waals surface area contributed by atoms with Crippen LogP contribution in [0, 0.1) is 13.8 Å². The predicted molar refractivity (Wildman–Crippen MR) is 193 cm³/mol. The van der Waals surface area contributed by atoms with Crippen molar-refractivity contribution in [1.82, 2.24) is 29.3 Å². The van der Waals surface area contributed by atoms with Crippen LogP contribution in [0.2, 0.25) is 0 Å². The van der Waals surface area contributed by atoms with Crippen LogP contribution < -0.4 is 4.74 Å². The molecule has 0 fully saturated rings. The Bertz CT molecular complexity index is 2330. The number of nitrogens with zero attached hydrogens (tertiary/aromatic N) is 6. The van der Waals surface area contributed by atoms with Crippen LogP contribution in [-0.2, 0) is 34.3 Å². The van der Waals surface area contributed by atoms with Gasteiger partial charge in [-0.2, -0.15) is 4.31 Å². The molecule has 0 spiro atoms. The topological polar surface area (TPSA) is 120 Å². The first-order valence-electron chi connectivity index (χ1n) is 17.0. The van der Waals surface area contributed by atoms with E-state index in [-0.39, 0.29) is 54.5 Å². The number of carbonyl (C=O) groups is 1. The second-order valence-corrected chi connectivity index (χ2v) is 14.9. The van der Waals surface area contributed by atoms with Gasteiger partial charge in [-0.3, -0.25) is 9.78 Å². The molecule has 0 saturated heterocycles. The highest BCUT2D eigenvalue weighted by Gasteiger charge is 2.35. The molecule has 0 saturated carbocycles. The van der Waals surface area contributed by atoms with Gasteiger partial charge in [0, 0.05) is 55.8 Å². The molecule has 1 aliphatic heterocycles. The Hall–Kier alpha value is -5.00. The number of aromatic nitrogens is 5. The zero-order chi connectivity index (χ0) is 35.0. The molecule has 6 aromatic rings. The quantitative estimate of drug-likeness (QED) is 0.156. The first kappa shape index (κ1) is 33.5. The van der Waals surface area contributed by atoms with Crippen LogP contribution in [0.4, 0.5) is 0 Å². The highest BCUT2D eigenvalue weighted by molar-refractivity contribution is 7.89. The van der Waals surface area contributed by atoms with Crippen LogP contribution >= 0.6 is 0 Å². The molecule has 50 heavy (non-hydrogen) atoms. The maximum Gasteiger partial charge on any atom is 0.248 e. The third-order valence-corrected chi connectivity index (χ3v) is 11.7. The number of ether oxygens (including phenoxy) is 1. The molecule has 0 radical (unpaired) electrons. The zero-order valence-electron chi connectivity index (χ0n) is 28.7. The summed E-state index contributed by atoms with van der Waals surface area (Å²) in [5.41, 5.74) is 7.34. The van der Waals surface area contributed by atoms with Gasteiger partial charge < -0.3 is 4.74 Å². The Labute approximate surface area is 292 Å². The third-order valence-electron chi connectivity index (χ3n) is 9.84. The van der Waals surface area contributed by atoms with Crippen molar-refractivity contribution in [2.24, 2.45) is 0 Å². The van der Waals surface area contributed by atoms with Gasteiger partial charge in [0.2, 0.25) is 15.9 Å². The van der Waals surface area contributed by atoms with Gasteiger partial charge in [0.15, 0.2) is 0 Å². The summed E-state index contributed by atoms with van der Waals surface area (Å²) in [7, 11) is -3.90. The minimum atomic E-state index is -3.90. The highest BCUT2D eigenvalue weighted by Crippen LogP contribution is 2.36. The van der Waals surface area contributed by atoms with E-state index in [4.69, 9.17) is 4.74 Å². The minimum Gasteiger partial charge on any atom is -0.472 e. The van der Waals surface area contributed by atoms with E-state index in [1.54, 1.807) is 24.5 Å². The van der Waals surface area contributed by atoms with E-state index in [9.17, 15) is 13.2 Å². The molecule has 0 N–H and O–H groups in total. The van der Waals surface area contributed by atoms with Crippen molar-refractivity contribution in [2.45, 2.75) is 77.0 Å². The van der Waals surface area contributed by atoms with Crippen molar-refractivity contribution in [2.75, 3.05) is 6.54 Å². The van der Waals surface area contributed by atoms with Crippen LogP contribution in [-0.4, -0.2) is 56.1 Å². The summed E-state index contributed by atoms with van der Waals surface area (Å²) in [6, 6.07) is 21.4. The number of hydrogen-bond donors (Lipinski definition) is 0. The van der Waals surface area contributed by atoms with Gasteiger partial charge in [0.05, 0.1) is 12.1 Å². The summed E-state index contributed by atoms with van der Waals surface area (Å²) in [4.78, 5) is 22.8. The lowest BCUT2D eigenvalue weighted by atomic mass is 9.82. The fourth-order valence-electron chi connectivity index (χ4n) is 6.98. The number of ketones is 1. The molecule has 0 bridgehead atoms. The monoisotopic (exact) mass is 688 g/mol. The molecule has 2 atom stereocenters. The number of fused-ring (bicyclic) bond motifs is 3. The molecule has 10 nitrogen and oxygen atoms in total. The second kappa shape index (κ2) is 13.7. The maximum absolute atomic E-state index is 14.0. The summed E-state index contributed by atoms with van der Waals surface area (Å²) in [5.74, 6) is -0.0920. The summed E-state index contributed by atoms with van der Waals surface area (Å²) in [6.45, 7) is 9.08. The Morgan fingerprint density at radius 3 is 2.66 bits per heavy atom. The molecule has 4 heterocycles. The van der Waals surface area contributed by atoms with Crippen LogP contribution in [0.1, 0.15) is 66.0 Å². The molecule has 0 amide bonds. The predicted octanol–water partition coefficient (Wildman–Crippen LogP) is 6.71. The number of rotatable bonds is 10. The van der Waals surface area contributed by atoms with Crippen molar-refractivity contribution in [3.8, 4) is 5.88 Å². The summed E-state index contributed by atoms with van der Waals surface area (Å²) < 4.78 is 37.4. The molecule has 256 valence electrons. The van der Waals surface area contributed by atoms with Crippen molar-refractivity contribution in [3.63, 3.8) is 0 Å². The van der Waals surface area contributed by atoms with Crippen LogP contribution in [0.3, 0.4) is 0 Å². The van der Waals surface area contributed by atoms with Crippen molar-refractivity contribution < 1.29 is 17.9 Å². The molecule has 3 aromatic carbocycles. The van der Waals surface area contributed by atoms with E-state index < -0.39 is 10.0 Å². The largest absolute Gasteiger partial charge is 0.472 e. The number of carbonyl (C=O) groups excluding carboxylic acids is 1. The summed E-state index contributed by atoms with van der Waals surface area (Å²) in [5, 5.41) is 10.9. The fraction of sp³-hybridized carbons (Fsp3) is 0.308. The van der Waals surface area contributed by atoms with Crippen molar-refractivity contribution >= 4 is 37.6 Å². The number of aryl methyl sites for hydroxylation is 3. The lowest BCUT2D eigenvalue weighted by Gasteiger charge is -2.25. The second-order valence-electron chi connectivity index (χ2n) is 13.0. The van der Waals surface area contributed by atoms with Gasteiger partial charge in [-0.15, -0.1) is 5.10 Å². The van der Waals surface area contributed by atoms with E-state index in [1.807, 2.05) is 75.0 Å². The van der Waals surface area contributed by atoms with E-state index >= 15 is 0 Å². The van der Waals surface area contributed by atoms with Crippen molar-refractivity contribution in [3.05, 3.63) is 119 Å². The molecule has 1 aliphatic rings. The summed E-state index contributed by atoms with van der Waals surface area (Å²) >= 11 is 0. The van der Waals surface area contributed by atoms with Crippen molar-refractivity contribution in [1.29, 1.82) is 0 Å². The average molecular weight is 689 g/mol. The Balaban J connectivity index is 1.28. The molecule has 7 rings (SSSR count). The third kappa shape index (κ3) is 6.27. The first-order valence-corrected chi connectivity index (χ1v) is 18.5. The Kier molecular flexibility index (Phi) is 9.19. The lowest BCUT2D eigenvalue weighted by molar-refractivity contribution is -0.118. The lowest BCUT2D eigenvalue weighted by Crippen LogP contribution is -2.36. The molecule has 0 aliphatic carbocycles. The standard InChI is InChI=1S/C39H40N6O4S/c1-5-32-24-44(50(47,48)37-12-9-17-41-39(37)49-32)23-30-18-27(14-13-25(30)3)35(33-15-16-36-38(26(33)4)42-43-45(36)6-2)20-31(46)19-29-22-40-21-28-10-7-8-11-34(28)29/h7-18,21-22,32,35H,5-6,19-20,23-24H2,1-4H3/t32-,35+/m1/s1. The SMILES string of the molecule is CC[C@@H]1CN(Cc2cc([C@H](CC(=O)Cc3cncc4ccccc34)c3ccc4c(nnn4CC)c3C)ccc2C)S(=O)(=O)c2cccnc2O1. The Morgan fingerprint density at radius 2 is 1.84 bits per heavy atom. The summed E-state index contributed by atoms with van der Waals surface area (Å²) in [6.07, 6.45) is 5.91.